The highest BCUT2D eigenvalue weighted by molar-refractivity contribution is 7.65. The number of phenolic OH excluding ortho intramolecular Hbond substituents is 1. The van der Waals surface area contributed by atoms with Gasteiger partial charge >= 0.3 is 7.52 Å². The van der Waals surface area contributed by atoms with Gasteiger partial charge < -0.3 is 25.3 Å². The quantitative estimate of drug-likeness (QED) is 0.539. The maximum Gasteiger partial charge on any atom is 0.346 e. The largest absolute Gasteiger partial charge is 0.509 e. The maximum atomic E-state index is 13.3. The molecule has 30 heavy (non-hydrogen) atoms. The SMILES string of the molecule is CC(C)(C)CCN1C(=O)C(C2=NP(=O)(O)c3ccc(O)cc3N2)=C(O)C1C(C)(C)C. The molecule has 2 unspecified atom stereocenters. The average molecular weight is 435 g/mol. The Labute approximate surface area is 176 Å². The molecule has 0 aromatic heterocycles. The zero-order chi connectivity index (χ0) is 22.6. The van der Waals surface area contributed by atoms with Gasteiger partial charge in [-0.05, 0) is 29.4 Å². The van der Waals surface area contributed by atoms with Gasteiger partial charge in [-0.15, -0.1) is 0 Å². The summed E-state index contributed by atoms with van der Waals surface area (Å²) in [6, 6.07) is 3.32. The molecule has 0 saturated carbocycles. The number of anilines is 1. The molecule has 2 aliphatic rings. The van der Waals surface area contributed by atoms with Crippen LogP contribution in [0, 0.1) is 10.8 Å². The van der Waals surface area contributed by atoms with Crippen molar-refractivity contribution in [3.05, 3.63) is 29.5 Å². The number of aliphatic hydroxyl groups is 1. The number of aliphatic hydroxyl groups excluding tert-OH is 1. The Balaban J connectivity index is 2.06. The van der Waals surface area contributed by atoms with Crippen LogP contribution in [0.1, 0.15) is 48.0 Å². The van der Waals surface area contributed by atoms with Crippen molar-refractivity contribution in [2.24, 2.45) is 15.6 Å². The predicted molar refractivity (Wildman–Crippen MR) is 117 cm³/mol. The number of hydrogen-bond donors (Lipinski definition) is 4. The number of amidine groups is 1. The van der Waals surface area contributed by atoms with Gasteiger partial charge in [0, 0.05) is 12.6 Å². The number of benzene rings is 1. The monoisotopic (exact) mass is 435 g/mol. The minimum Gasteiger partial charge on any atom is -0.509 e. The zero-order valence-corrected chi connectivity index (χ0v) is 19.1. The Hall–Kier alpha value is -2.31. The normalized spacial score (nSPS) is 24.6. The lowest BCUT2D eigenvalue weighted by Crippen LogP contribution is -2.45. The molecule has 0 saturated heterocycles. The zero-order valence-electron chi connectivity index (χ0n) is 18.2. The standard InChI is InChI=1S/C21H30N3O5P/c1-20(2,3)9-10-24-17(21(4,5)6)16(26)15(19(24)27)18-22-13-11-12(25)7-8-14(13)30(28,29)23-18/h7-8,11,17,25-26H,9-10H2,1-6H3,(H2,22,23,28,29). The molecule has 1 amide bonds. The second-order valence-electron chi connectivity index (χ2n) is 10.2. The van der Waals surface area contributed by atoms with Crippen LogP contribution in [0.15, 0.2) is 34.3 Å². The molecule has 0 spiro atoms. The second-order valence-corrected chi connectivity index (χ2v) is 11.9. The summed E-state index contributed by atoms with van der Waals surface area (Å²) >= 11 is 0. The van der Waals surface area contributed by atoms with Gasteiger partial charge in [-0.25, -0.2) is 0 Å². The predicted octanol–water partition coefficient (Wildman–Crippen LogP) is 3.53. The minimum atomic E-state index is -4.18. The molecule has 4 N–H and O–H groups in total. The molecule has 164 valence electrons. The fraction of sp³-hybridized carbons (Fsp3) is 0.524. The fourth-order valence-corrected chi connectivity index (χ4v) is 5.01. The van der Waals surface area contributed by atoms with Crippen molar-refractivity contribution in [3.63, 3.8) is 0 Å². The maximum absolute atomic E-state index is 13.3. The molecular weight excluding hydrogens is 405 g/mol. The van der Waals surface area contributed by atoms with Gasteiger partial charge in [0.2, 0.25) is 0 Å². The van der Waals surface area contributed by atoms with E-state index in [1.807, 2.05) is 20.8 Å². The van der Waals surface area contributed by atoms with Crippen LogP contribution < -0.4 is 10.6 Å². The van der Waals surface area contributed by atoms with Crippen LogP contribution in [-0.4, -0.2) is 44.3 Å². The first-order valence-electron chi connectivity index (χ1n) is 9.90. The highest BCUT2D eigenvalue weighted by Crippen LogP contribution is 2.48. The van der Waals surface area contributed by atoms with E-state index in [1.54, 1.807) is 4.90 Å². The van der Waals surface area contributed by atoms with Crippen molar-refractivity contribution < 1.29 is 24.5 Å². The van der Waals surface area contributed by atoms with Crippen molar-refractivity contribution >= 4 is 30.3 Å². The molecule has 1 aromatic carbocycles. The van der Waals surface area contributed by atoms with Crippen LogP contribution in [0.25, 0.3) is 0 Å². The molecule has 3 rings (SSSR count). The van der Waals surface area contributed by atoms with Crippen LogP contribution in [0.2, 0.25) is 0 Å². The van der Waals surface area contributed by atoms with E-state index in [4.69, 9.17) is 0 Å². The number of fused-ring (bicyclic) bond motifs is 1. The van der Waals surface area contributed by atoms with E-state index in [2.05, 4.69) is 30.9 Å². The fourth-order valence-electron chi connectivity index (χ4n) is 3.77. The first kappa shape index (κ1) is 22.4. The number of carbonyl (C=O) groups excluding carboxylic acids is 1. The Kier molecular flexibility index (Phi) is 5.32. The van der Waals surface area contributed by atoms with Crippen molar-refractivity contribution in [1.82, 2.24) is 4.90 Å². The molecule has 0 radical (unpaired) electrons. The lowest BCUT2D eigenvalue weighted by atomic mass is 9.84. The third kappa shape index (κ3) is 4.12. The van der Waals surface area contributed by atoms with E-state index in [0.717, 1.165) is 6.42 Å². The van der Waals surface area contributed by atoms with E-state index >= 15 is 0 Å². The van der Waals surface area contributed by atoms with Crippen LogP contribution in [0.5, 0.6) is 5.75 Å². The van der Waals surface area contributed by atoms with E-state index in [-0.39, 0.29) is 39.3 Å². The van der Waals surface area contributed by atoms with Gasteiger partial charge in [0.25, 0.3) is 5.91 Å². The van der Waals surface area contributed by atoms with Crippen molar-refractivity contribution in [2.75, 3.05) is 11.9 Å². The van der Waals surface area contributed by atoms with Crippen molar-refractivity contribution in [1.29, 1.82) is 0 Å². The van der Waals surface area contributed by atoms with Crippen LogP contribution >= 0.6 is 7.52 Å². The first-order chi connectivity index (χ1) is 13.6. The second kappa shape index (κ2) is 7.13. The Bertz CT molecular complexity index is 1000. The highest BCUT2D eigenvalue weighted by Gasteiger charge is 2.48. The Morgan fingerprint density at radius 1 is 1.17 bits per heavy atom. The number of aromatic hydroxyl groups is 1. The topological polar surface area (TPSA) is 122 Å². The summed E-state index contributed by atoms with van der Waals surface area (Å²) in [7, 11) is -4.18. The summed E-state index contributed by atoms with van der Waals surface area (Å²) in [5, 5.41) is 23.7. The van der Waals surface area contributed by atoms with E-state index in [1.165, 1.54) is 18.2 Å². The molecular formula is C21H30N3O5P. The number of carbonyl (C=O) groups is 1. The number of phenols is 1. The molecule has 1 aromatic rings. The number of amides is 1. The molecule has 0 fully saturated rings. The van der Waals surface area contributed by atoms with E-state index in [0.29, 0.717) is 6.54 Å². The van der Waals surface area contributed by atoms with E-state index < -0.39 is 24.9 Å². The lowest BCUT2D eigenvalue weighted by Gasteiger charge is -2.36. The summed E-state index contributed by atoms with van der Waals surface area (Å²) in [6.45, 7) is 12.4. The third-order valence-corrected chi connectivity index (χ3v) is 6.73. The molecule has 0 aliphatic carbocycles. The number of hydrogen-bond acceptors (Lipinski definition) is 5. The molecule has 2 atom stereocenters. The summed E-state index contributed by atoms with van der Waals surface area (Å²) in [5.41, 5.74) is -0.404. The first-order valence-corrected chi connectivity index (χ1v) is 11.5. The summed E-state index contributed by atoms with van der Waals surface area (Å²) < 4.78 is 16.7. The van der Waals surface area contributed by atoms with Gasteiger partial charge in [0.05, 0.1) is 17.0 Å². The van der Waals surface area contributed by atoms with Crippen molar-refractivity contribution in [3.8, 4) is 5.75 Å². The van der Waals surface area contributed by atoms with Gasteiger partial charge in [-0.3, -0.25) is 9.36 Å². The third-order valence-electron chi connectivity index (χ3n) is 5.24. The minimum absolute atomic E-state index is 0.0149. The smallest absolute Gasteiger partial charge is 0.346 e. The van der Waals surface area contributed by atoms with Crippen LogP contribution in [0.3, 0.4) is 0 Å². The van der Waals surface area contributed by atoms with Gasteiger partial charge in [0.15, 0.2) is 5.84 Å². The molecule has 2 heterocycles. The molecule has 9 heteroatoms. The van der Waals surface area contributed by atoms with Gasteiger partial charge in [-0.2, -0.15) is 4.76 Å². The van der Waals surface area contributed by atoms with Gasteiger partial charge in [-0.1, -0.05) is 41.5 Å². The number of nitrogens with one attached hydrogen (secondary N) is 1. The Morgan fingerprint density at radius 2 is 1.80 bits per heavy atom. The summed E-state index contributed by atoms with van der Waals surface area (Å²) in [6.07, 6.45) is 0.723. The number of rotatable bonds is 3. The summed E-state index contributed by atoms with van der Waals surface area (Å²) in [5.74, 6) is -0.866. The Morgan fingerprint density at radius 3 is 2.37 bits per heavy atom. The molecule has 2 aliphatic heterocycles. The highest BCUT2D eigenvalue weighted by atomic mass is 31.2. The molecule has 0 bridgehead atoms. The van der Waals surface area contributed by atoms with Crippen LogP contribution in [-0.2, 0) is 9.36 Å². The van der Waals surface area contributed by atoms with Crippen molar-refractivity contribution in [2.45, 2.75) is 54.0 Å². The van der Waals surface area contributed by atoms with Crippen LogP contribution in [0.4, 0.5) is 5.69 Å². The lowest BCUT2D eigenvalue weighted by molar-refractivity contribution is -0.128. The summed E-state index contributed by atoms with van der Waals surface area (Å²) in [4.78, 5) is 25.4. The molecule has 8 nitrogen and oxygen atoms in total. The van der Waals surface area contributed by atoms with E-state index in [9.17, 15) is 24.5 Å². The number of nitrogens with zero attached hydrogens (tertiary/aromatic N) is 2. The van der Waals surface area contributed by atoms with Gasteiger partial charge in [0.1, 0.15) is 17.1 Å². The average Bonchev–Trinajstić information content (AvgIpc) is 2.81.